The number of hydrogen-bond acceptors (Lipinski definition) is 4. The summed E-state index contributed by atoms with van der Waals surface area (Å²) < 4.78 is 2.21. The van der Waals surface area contributed by atoms with E-state index >= 15 is 0 Å². The van der Waals surface area contributed by atoms with Gasteiger partial charge in [-0.15, -0.1) is 0 Å². The van der Waals surface area contributed by atoms with Crippen molar-refractivity contribution in [2.75, 3.05) is 0 Å². The Labute approximate surface area is 119 Å². The van der Waals surface area contributed by atoms with Gasteiger partial charge in [-0.3, -0.25) is 18.7 Å². The molecule has 0 aliphatic heterocycles. The van der Waals surface area contributed by atoms with E-state index in [-0.39, 0.29) is 23.9 Å². The Balaban J connectivity index is 2.07. The predicted molar refractivity (Wildman–Crippen MR) is 73.1 cm³/mol. The van der Waals surface area contributed by atoms with Crippen LogP contribution in [0.15, 0.2) is 34.1 Å². The van der Waals surface area contributed by atoms with Gasteiger partial charge in [0.2, 0.25) is 0 Å². The number of nitriles is 1. The minimum absolute atomic E-state index is 0.0250. The van der Waals surface area contributed by atoms with E-state index in [0.29, 0.717) is 5.69 Å². The van der Waals surface area contributed by atoms with Gasteiger partial charge in [0.1, 0.15) is 11.6 Å². The van der Waals surface area contributed by atoms with Crippen molar-refractivity contribution in [2.24, 2.45) is 0 Å². The highest BCUT2D eigenvalue weighted by molar-refractivity contribution is 5.94. The van der Waals surface area contributed by atoms with Gasteiger partial charge in [-0.2, -0.15) is 5.26 Å². The van der Waals surface area contributed by atoms with Crippen LogP contribution >= 0.6 is 0 Å². The first kappa shape index (κ1) is 13.1. The van der Waals surface area contributed by atoms with Gasteiger partial charge in [0, 0.05) is 18.4 Å². The zero-order chi connectivity index (χ0) is 15.0. The number of H-pyrrole nitrogens is 1. The number of nitrogens with one attached hydrogen (secondary N) is 1. The monoisotopic (exact) mass is 284 g/mol. The van der Waals surface area contributed by atoms with Crippen molar-refractivity contribution in [3.8, 4) is 6.07 Å². The van der Waals surface area contributed by atoms with Crippen molar-refractivity contribution in [3.63, 3.8) is 0 Å². The quantitative estimate of drug-likeness (QED) is 0.822. The van der Waals surface area contributed by atoms with Crippen molar-refractivity contribution >= 4 is 5.78 Å². The van der Waals surface area contributed by atoms with Crippen molar-refractivity contribution in [1.82, 2.24) is 14.1 Å². The Morgan fingerprint density at radius 3 is 2.76 bits per heavy atom. The molecule has 0 atom stereocenters. The molecule has 0 aromatic carbocycles. The molecule has 106 valence electrons. The van der Waals surface area contributed by atoms with E-state index in [1.807, 2.05) is 0 Å². The van der Waals surface area contributed by atoms with Crippen LogP contribution in [0.3, 0.4) is 0 Å². The van der Waals surface area contributed by atoms with Gasteiger partial charge in [-0.05, 0) is 25.0 Å². The molecule has 1 saturated carbocycles. The number of aromatic nitrogens is 3. The lowest BCUT2D eigenvalue weighted by atomic mass is 10.2. The van der Waals surface area contributed by atoms with E-state index in [1.54, 1.807) is 24.4 Å². The van der Waals surface area contributed by atoms with Crippen LogP contribution in [-0.2, 0) is 6.54 Å². The number of carbonyl (C=O) groups is 1. The third kappa shape index (κ3) is 2.31. The molecular formula is C14H12N4O3. The normalized spacial score (nSPS) is 13.9. The van der Waals surface area contributed by atoms with E-state index in [4.69, 9.17) is 5.26 Å². The van der Waals surface area contributed by atoms with Crippen molar-refractivity contribution < 1.29 is 4.79 Å². The van der Waals surface area contributed by atoms with Gasteiger partial charge in [0.05, 0.1) is 12.2 Å². The van der Waals surface area contributed by atoms with Crippen LogP contribution in [-0.4, -0.2) is 19.9 Å². The molecule has 7 heteroatoms. The number of rotatable bonds is 4. The third-order valence-corrected chi connectivity index (χ3v) is 3.46. The van der Waals surface area contributed by atoms with Gasteiger partial charge in [-0.1, -0.05) is 0 Å². The van der Waals surface area contributed by atoms with E-state index in [0.717, 1.165) is 17.4 Å². The second-order valence-corrected chi connectivity index (χ2v) is 4.97. The molecule has 2 heterocycles. The fourth-order valence-corrected chi connectivity index (χ4v) is 2.18. The van der Waals surface area contributed by atoms with Crippen LogP contribution in [0, 0.1) is 11.3 Å². The van der Waals surface area contributed by atoms with Gasteiger partial charge in [0.15, 0.2) is 5.78 Å². The Morgan fingerprint density at radius 2 is 2.19 bits per heavy atom. The van der Waals surface area contributed by atoms with Gasteiger partial charge in [0.25, 0.3) is 5.56 Å². The van der Waals surface area contributed by atoms with Crippen molar-refractivity contribution in [1.29, 1.82) is 5.26 Å². The van der Waals surface area contributed by atoms with Gasteiger partial charge < -0.3 is 4.98 Å². The topological polar surface area (TPSA) is 101 Å². The number of hydrogen-bond donors (Lipinski definition) is 1. The molecule has 1 N–H and O–H groups in total. The molecule has 1 aliphatic rings. The maximum absolute atomic E-state index is 12.3. The van der Waals surface area contributed by atoms with Crippen molar-refractivity contribution in [2.45, 2.75) is 25.4 Å². The molecule has 0 bridgehead atoms. The molecule has 1 fully saturated rings. The van der Waals surface area contributed by atoms with Crippen LogP contribution in [0.1, 0.15) is 34.9 Å². The second-order valence-electron chi connectivity index (χ2n) is 4.97. The first-order chi connectivity index (χ1) is 10.1. The van der Waals surface area contributed by atoms with E-state index in [9.17, 15) is 14.4 Å². The van der Waals surface area contributed by atoms with Crippen LogP contribution in [0.2, 0.25) is 0 Å². The molecule has 2 aromatic rings. The maximum Gasteiger partial charge on any atom is 0.331 e. The van der Waals surface area contributed by atoms with E-state index in [2.05, 4.69) is 4.98 Å². The molecule has 2 aromatic heterocycles. The number of aromatic amines is 1. The smallest absolute Gasteiger partial charge is 0.331 e. The second kappa shape index (κ2) is 4.90. The lowest BCUT2D eigenvalue weighted by molar-refractivity contribution is 0.0964. The lowest BCUT2D eigenvalue weighted by Gasteiger charge is -2.09. The lowest BCUT2D eigenvalue weighted by Crippen LogP contribution is -2.42. The summed E-state index contributed by atoms with van der Waals surface area (Å²) in [7, 11) is 0. The molecule has 0 radical (unpaired) electrons. The highest BCUT2D eigenvalue weighted by atomic mass is 16.2. The summed E-state index contributed by atoms with van der Waals surface area (Å²) in [6, 6.07) is 5.03. The third-order valence-electron chi connectivity index (χ3n) is 3.46. The molecular weight excluding hydrogens is 272 g/mol. The summed E-state index contributed by atoms with van der Waals surface area (Å²) >= 11 is 0. The van der Waals surface area contributed by atoms with E-state index < -0.39 is 11.2 Å². The fourth-order valence-electron chi connectivity index (χ4n) is 2.18. The molecule has 3 rings (SSSR count). The number of nitrogens with zero attached hydrogens (tertiary/aromatic N) is 3. The summed E-state index contributed by atoms with van der Waals surface area (Å²) in [6.07, 6.45) is 4.56. The number of ketones is 1. The summed E-state index contributed by atoms with van der Waals surface area (Å²) in [5.74, 6) is -0.378. The first-order valence-electron chi connectivity index (χ1n) is 6.54. The molecule has 0 amide bonds. The van der Waals surface area contributed by atoms with Crippen LogP contribution < -0.4 is 11.2 Å². The molecule has 0 spiro atoms. The molecule has 1 aliphatic carbocycles. The Kier molecular flexibility index (Phi) is 3.06. The zero-order valence-electron chi connectivity index (χ0n) is 11.1. The van der Waals surface area contributed by atoms with Crippen LogP contribution in [0.5, 0.6) is 0 Å². The van der Waals surface area contributed by atoms with E-state index in [1.165, 1.54) is 10.8 Å². The Morgan fingerprint density at radius 1 is 1.43 bits per heavy atom. The Hall–Kier alpha value is -2.88. The molecule has 7 nitrogen and oxygen atoms in total. The maximum atomic E-state index is 12.3. The largest absolute Gasteiger partial charge is 0.359 e. The Bertz CT molecular complexity index is 848. The summed E-state index contributed by atoms with van der Waals surface area (Å²) in [4.78, 5) is 39.2. The van der Waals surface area contributed by atoms with Crippen LogP contribution in [0.4, 0.5) is 0 Å². The zero-order valence-corrected chi connectivity index (χ0v) is 11.1. The number of carbonyl (C=O) groups excluding carboxylic acids is 1. The summed E-state index contributed by atoms with van der Waals surface area (Å²) in [5, 5.41) is 9.01. The van der Waals surface area contributed by atoms with Crippen molar-refractivity contribution in [3.05, 3.63) is 56.6 Å². The highest BCUT2D eigenvalue weighted by Crippen LogP contribution is 2.33. The SMILES string of the molecule is N#Cc1cn(C2CC2)c(=O)n(CC(=O)c2ccc[nH]2)c1=O. The highest BCUT2D eigenvalue weighted by Gasteiger charge is 2.27. The minimum Gasteiger partial charge on any atom is -0.359 e. The standard InChI is InChI=1S/C14H12N4O3/c15-6-9-7-17(10-3-4-10)14(21)18(13(9)20)8-12(19)11-2-1-5-16-11/h1-2,5,7,10,16H,3-4,8H2. The van der Waals surface area contributed by atoms with Gasteiger partial charge in [-0.25, -0.2) is 4.79 Å². The first-order valence-corrected chi connectivity index (χ1v) is 6.54. The predicted octanol–water partition coefficient (Wildman–Crippen LogP) is 0.428. The summed E-state index contributed by atoms with van der Waals surface area (Å²) in [6.45, 7) is -0.375. The molecule has 0 unspecified atom stereocenters. The average Bonchev–Trinajstić information content (AvgIpc) is 3.16. The van der Waals surface area contributed by atoms with Gasteiger partial charge >= 0.3 is 5.69 Å². The molecule has 0 saturated heterocycles. The number of Topliss-reactive ketones (excluding diaryl/α,β-unsaturated/α-hetero) is 1. The minimum atomic E-state index is -0.723. The average molecular weight is 284 g/mol. The van der Waals surface area contributed by atoms with Crippen LogP contribution in [0.25, 0.3) is 0 Å². The summed E-state index contributed by atoms with van der Waals surface area (Å²) in [5.41, 5.74) is -1.07. The fraction of sp³-hybridized carbons (Fsp3) is 0.286. The molecule has 21 heavy (non-hydrogen) atoms.